The predicted molar refractivity (Wildman–Crippen MR) is 95.0 cm³/mol. The van der Waals surface area contributed by atoms with Gasteiger partial charge in [-0.2, -0.15) is 0 Å². The van der Waals surface area contributed by atoms with Gasteiger partial charge in [-0.25, -0.2) is 0 Å². The summed E-state index contributed by atoms with van der Waals surface area (Å²) in [7, 11) is 0. The normalized spacial score (nSPS) is 13.7. The number of aliphatic hydroxyl groups is 1. The highest BCUT2D eigenvalue weighted by molar-refractivity contribution is 6.30. The Labute approximate surface area is 147 Å². The first kappa shape index (κ1) is 18.2. The van der Waals surface area contributed by atoms with Crippen molar-refractivity contribution in [1.82, 2.24) is 5.32 Å². The molecule has 2 rings (SSSR count). The van der Waals surface area contributed by atoms with Gasteiger partial charge in [0.1, 0.15) is 0 Å². The summed E-state index contributed by atoms with van der Waals surface area (Å²) in [6, 6.07) is 15.3. The third-order valence-electron chi connectivity index (χ3n) is 3.52. The van der Waals surface area contributed by atoms with E-state index in [2.05, 4.69) is 5.32 Å². The van der Waals surface area contributed by atoms with Crippen LogP contribution in [0.15, 0.2) is 48.5 Å². The molecule has 0 fully saturated rings. The van der Waals surface area contributed by atoms with Crippen molar-refractivity contribution in [2.45, 2.75) is 25.7 Å². The molecular formula is C18H21Cl2NO2. The smallest absolute Gasteiger partial charge is 0.0898 e. The molecule has 2 aromatic rings. The van der Waals surface area contributed by atoms with Crippen LogP contribution in [0.1, 0.15) is 24.1 Å². The molecule has 0 heterocycles. The lowest BCUT2D eigenvalue weighted by molar-refractivity contribution is 0.0278. The van der Waals surface area contributed by atoms with Crippen LogP contribution in [0.25, 0.3) is 0 Å². The second-order valence-electron chi connectivity index (χ2n) is 5.48. The Hall–Kier alpha value is -1.10. The maximum Gasteiger partial charge on any atom is 0.0898 e. The zero-order valence-electron chi connectivity index (χ0n) is 13.0. The Morgan fingerprint density at radius 2 is 1.57 bits per heavy atom. The molecule has 0 radical (unpaired) electrons. The monoisotopic (exact) mass is 353 g/mol. The molecule has 0 aliphatic heterocycles. The molecule has 2 aromatic carbocycles. The van der Waals surface area contributed by atoms with Crippen molar-refractivity contribution >= 4 is 23.2 Å². The summed E-state index contributed by atoms with van der Waals surface area (Å²) in [5.41, 5.74) is 2.16. The third kappa shape index (κ3) is 6.50. The van der Waals surface area contributed by atoms with Crippen LogP contribution in [0.2, 0.25) is 10.0 Å². The Balaban J connectivity index is 1.67. The molecule has 124 valence electrons. The van der Waals surface area contributed by atoms with Gasteiger partial charge in [-0.3, -0.25) is 0 Å². The fourth-order valence-electron chi connectivity index (χ4n) is 2.13. The van der Waals surface area contributed by atoms with Gasteiger partial charge in [-0.15, -0.1) is 0 Å². The van der Waals surface area contributed by atoms with E-state index in [1.54, 1.807) is 0 Å². The van der Waals surface area contributed by atoms with Gasteiger partial charge in [0.05, 0.1) is 19.3 Å². The fraction of sp³-hybridized carbons (Fsp3) is 0.333. The van der Waals surface area contributed by atoms with E-state index in [1.165, 1.54) is 0 Å². The van der Waals surface area contributed by atoms with Crippen molar-refractivity contribution < 1.29 is 9.84 Å². The highest BCUT2D eigenvalue weighted by Crippen LogP contribution is 2.16. The summed E-state index contributed by atoms with van der Waals surface area (Å²) < 4.78 is 5.52. The van der Waals surface area contributed by atoms with E-state index in [4.69, 9.17) is 27.9 Å². The van der Waals surface area contributed by atoms with Crippen molar-refractivity contribution in [3.8, 4) is 0 Å². The number of hydrogen-bond acceptors (Lipinski definition) is 3. The lowest BCUT2D eigenvalue weighted by atomic mass is 10.1. The second kappa shape index (κ2) is 9.26. The highest BCUT2D eigenvalue weighted by Gasteiger charge is 2.09. The largest absolute Gasteiger partial charge is 0.389 e. The van der Waals surface area contributed by atoms with Crippen molar-refractivity contribution in [2.24, 2.45) is 0 Å². The fourth-order valence-corrected chi connectivity index (χ4v) is 2.39. The van der Waals surface area contributed by atoms with Crippen molar-refractivity contribution in [3.63, 3.8) is 0 Å². The third-order valence-corrected chi connectivity index (χ3v) is 4.03. The van der Waals surface area contributed by atoms with Gasteiger partial charge >= 0.3 is 0 Å². The lowest BCUT2D eigenvalue weighted by Crippen LogP contribution is -2.32. The molecule has 0 aromatic heterocycles. The maximum absolute atomic E-state index is 9.98. The molecule has 3 nitrogen and oxygen atoms in total. The van der Waals surface area contributed by atoms with E-state index in [1.807, 2.05) is 55.5 Å². The van der Waals surface area contributed by atoms with Crippen molar-refractivity contribution in [2.75, 3.05) is 13.2 Å². The summed E-state index contributed by atoms with van der Waals surface area (Å²) in [5.74, 6) is 0. The number of nitrogens with one attached hydrogen (secondary N) is 1. The van der Waals surface area contributed by atoms with Crippen LogP contribution in [0.4, 0.5) is 0 Å². The average molecular weight is 354 g/mol. The Kier molecular flexibility index (Phi) is 7.34. The molecule has 23 heavy (non-hydrogen) atoms. The number of hydrogen-bond donors (Lipinski definition) is 2. The second-order valence-corrected chi connectivity index (χ2v) is 6.35. The van der Waals surface area contributed by atoms with Crippen molar-refractivity contribution in [1.29, 1.82) is 0 Å². The summed E-state index contributed by atoms with van der Waals surface area (Å²) in [4.78, 5) is 0. The minimum Gasteiger partial charge on any atom is -0.389 e. The minimum absolute atomic E-state index is 0.137. The molecule has 0 saturated heterocycles. The average Bonchev–Trinajstić information content (AvgIpc) is 2.55. The molecule has 2 atom stereocenters. The zero-order chi connectivity index (χ0) is 16.7. The molecule has 5 heteroatoms. The number of rotatable bonds is 8. The van der Waals surface area contributed by atoms with E-state index < -0.39 is 6.10 Å². The van der Waals surface area contributed by atoms with Gasteiger partial charge in [0.2, 0.25) is 0 Å². The summed E-state index contributed by atoms with van der Waals surface area (Å²) >= 11 is 11.7. The van der Waals surface area contributed by atoms with Gasteiger partial charge in [0, 0.05) is 22.6 Å². The topological polar surface area (TPSA) is 41.5 Å². The van der Waals surface area contributed by atoms with E-state index in [9.17, 15) is 5.11 Å². The number of halogens is 2. The van der Waals surface area contributed by atoms with Gasteiger partial charge in [-0.1, -0.05) is 47.5 Å². The van der Waals surface area contributed by atoms with Gasteiger partial charge in [0.25, 0.3) is 0 Å². The first-order valence-electron chi connectivity index (χ1n) is 7.53. The molecule has 0 aliphatic rings. The molecule has 0 amide bonds. The molecule has 2 N–H and O–H groups in total. The first-order valence-corrected chi connectivity index (χ1v) is 8.29. The Morgan fingerprint density at radius 1 is 1.00 bits per heavy atom. The molecule has 0 saturated carbocycles. The SMILES string of the molecule is CC(NCC(O)COCc1ccc(Cl)cc1)c1ccc(Cl)cc1. The van der Waals surface area contributed by atoms with Crippen LogP contribution >= 0.6 is 23.2 Å². The standard InChI is InChI=1S/C18H21Cl2NO2/c1-13(15-4-8-17(20)9-5-15)21-10-18(22)12-23-11-14-2-6-16(19)7-3-14/h2-9,13,18,21-22H,10-12H2,1H3. The Morgan fingerprint density at radius 3 is 2.17 bits per heavy atom. The van der Waals surface area contributed by atoms with Gasteiger partial charge in [0.15, 0.2) is 0 Å². The summed E-state index contributed by atoms with van der Waals surface area (Å²) in [5, 5.41) is 14.7. The lowest BCUT2D eigenvalue weighted by Gasteiger charge is -2.17. The van der Waals surface area contributed by atoms with Crippen LogP contribution in [-0.2, 0) is 11.3 Å². The number of benzene rings is 2. The summed E-state index contributed by atoms with van der Waals surface area (Å²) in [6.45, 7) is 3.25. The Bertz CT molecular complexity index is 587. The predicted octanol–water partition coefficient (Wildman–Crippen LogP) is 4.22. The number of aliphatic hydroxyl groups excluding tert-OH is 1. The minimum atomic E-state index is -0.558. The van der Waals surface area contributed by atoms with Crippen LogP contribution in [0, 0.1) is 0 Å². The molecule has 0 bridgehead atoms. The van der Waals surface area contributed by atoms with Crippen molar-refractivity contribution in [3.05, 3.63) is 69.7 Å². The molecule has 0 spiro atoms. The van der Waals surface area contributed by atoms with E-state index >= 15 is 0 Å². The van der Waals surface area contributed by atoms with Crippen LogP contribution in [0.3, 0.4) is 0 Å². The van der Waals surface area contributed by atoms with E-state index in [-0.39, 0.29) is 12.6 Å². The van der Waals surface area contributed by atoms with Gasteiger partial charge < -0.3 is 15.2 Å². The van der Waals surface area contributed by atoms with Gasteiger partial charge in [-0.05, 0) is 42.3 Å². The number of ether oxygens (including phenoxy) is 1. The summed E-state index contributed by atoms with van der Waals surface area (Å²) in [6.07, 6.45) is -0.558. The zero-order valence-corrected chi connectivity index (χ0v) is 14.5. The molecule has 2 unspecified atom stereocenters. The van der Waals surface area contributed by atoms with Crippen LogP contribution in [0.5, 0.6) is 0 Å². The first-order chi connectivity index (χ1) is 11.0. The van der Waals surface area contributed by atoms with E-state index in [0.717, 1.165) is 16.1 Å². The van der Waals surface area contributed by atoms with E-state index in [0.29, 0.717) is 18.2 Å². The highest BCUT2D eigenvalue weighted by atomic mass is 35.5. The maximum atomic E-state index is 9.98. The molecule has 0 aliphatic carbocycles. The van der Waals surface area contributed by atoms with Crippen LogP contribution < -0.4 is 5.32 Å². The molecular weight excluding hydrogens is 333 g/mol. The quantitative estimate of drug-likeness (QED) is 0.746. The van der Waals surface area contributed by atoms with Crippen LogP contribution in [-0.4, -0.2) is 24.4 Å².